The first-order valence-corrected chi connectivity index (χ1v) is 10.5. The smallest absolute Gasteiger partial charge is 0.416 e. The van der Waals surface area contributed by atoms with Crippen molar-refractivity contribution in [1.29, 1.82) is 0 Å². The van der Waals surface area contributed by atoms with Gasteiger partial charge in [-0.1, -0.05) is 18.7 Å². The SMILES string of the molecule is C=C(N)Cc1ncc(COc2ncnc(N3CCCC3c3ccc(C(F)(F)F)cc3)c2F)cn1. The summed E-state index contributed by atoms with van der Waals surface area (Å²) in [5.41, 5.74) is 6.52. The molecule has 1 saturated heterocycles. The second kappa shape index (κ2) is 9.62. The first kappa shape index (κ1) is 23.4. The molecule has 2 aromatic heterocycles. The van der Waals surface area contributed by atoms with Crippen LogP contribution < -0.4 is 15.4 Å². The van der Waals surface area contributed by atoms with E-state index in [0.717, 1.165) is 18.6 Å². The van der Waals surface area contributed by atoms with Crippen molar-refractivity contribution >= 4 is 5.82 Å². The molecule has 178 valence electrons. The standard InChI is InChI=1S/C23H22F4N6O/c1-14(28)9-19-29-10-15(11-30-19)12-34-22-20(24)21(31-13-32-22)33-8-2-3-18(33)16-4-6-17(7-5-16)23(25,26)27/h4-7,10-11,13,18H,1-3,8-9,12,28H2. The zero-order valence-corrected chi connectivity index (χ0v) is 18.1. The van der Waals surface area contributed by atoms with E-state index in [1.54, 1.807) is 17.3 Å². The number of nitrogens with two attached hydrogens (primary N) is 1. The minimum atomic E-state index is -4.41. The summed E-state index contributed by atoms with van der Waals surface area (Å²) < 4.78 is 59.5. The molecular formula is C23H22F4N6O. The van der Waals surface area contributed by atoms with Crippen molar-refractivity contribution in [3.63, 3.8) is 0 Å². The van der Waals surface area contributed by atoms with Crippen LogP contribution in [0.2, 0.25) is 0 Å². The molecule has 4 rings (SSSR count). The Morgan fingerprint density at radius 2 is 1.82 bits per heavy atom. The van der Waals surface area contributed by atoms with Crippen molar-refractivity contribution < 1.29 is 22.3 Å². The molecule has 1 atom stereocenters. The Kier molecular flexibility index (Phi) is 6.62. The predicted octanol–water partition coefficient (Wildman–Crippen LogP) is 4.36. The summed E-state index contributed by atoms with van der Waals surface area (Å²) in [6.45, 7) is 4.09. The Morgan fingerprint density at radius 3 is 2.47 bits per heavy atom. The number of hydrogen-bond donors (Lipinski definition) is 1. The number of ether oxygens (including phenoxy) is 1. The molecule has 1 unspecified atom stereocenters. The van der Waals surface area contributed by atoms with Gasteiger partial charge in [-0.3, -0.25) is 0 Å². The maximum Gasteiger partial charge on any atom is 0.416 e. The summed E-state index contributed by atoms with van der Waals surface area (Å²) in [7, 11) is 0. The van der Waals surface area contributed by atoms with Crippen molar-refractivity contribution in [2.24, 2.45) is 5.73 Å². The van der Waals surface area contributed by atoms with Crippen LogP contribution in [0.5, 0.6) is 5.88 Å². The lowest BCUT2D eigenvalue weighted by molar-refractivity contribution is -0.137. The zero-order chi connectivity index (χ0) is 24.3. The van der Waals surface area contributed by atoms with Gasteiger partial charge < -0.3 is 15.4 Å². The third kappa shape index (κ3) is 5.24. The number of anilines is 1. The largest absolute Gasteiger partial charge is 0.470 e. The maximum absolute atomic E-state index is 15.2. The first-order valence-electron chi connectivity index (χ1n) is 10.5. The first-order chi connectivity index (χ1) is 16.2. The molecule has 7 nitrogen and oxygen atoms in total. The summed E-state index contributed by atoms with van der Waals surface area (Å²) in [6, 6.07) is 4.61. The van der Waals surface area contributed by atoms with E-state index in [1.165, 1.54) is 18.5 Å². The average Bonchev–Trinajstić information content (AvgIpc) is 3.28. The Balaban J connectivity index is 1.49. The lowest BCUT2D eigenvalue weighted by Crippen LogP contribution is -2.25. The minimum absolute atomic E-state index is 0.0143. The van der Waals surface area contributed by atoms with E-state index < -0.39 is 17.6 Å². The van der Waals surface area contributed by atoms with Crippen molar-refractivity contribution in [2.45, 2.75) is 38.1 Å². The minimum Gasteiger partial charge on any atom is -0.470 e. The third-order valence-corrected chi connectivity index (χ3v) is 5.41. The number of rotatable bonds is 7. The quantitative estimate of drug-likeness (QED) is 0.509. The van der Waals surface area contributed by atoms with Gasteiger partial charge in [0.15, 0.2) is 5.82 Å². The second-order valence-corrected chi connectivity index (χ2v) is 7.92. The number of nitrogens with zero attached hydrogens (tertiary/aromatic N) is 5. The molecular weight excluding hydrogens is 452 g/mol. The molecule has 0 radical (unpaired) electrons. The molecule has 0 aliphatic carbocycles. The fraction of sp³-hybridized carbons (Fsp3) is 0.304. The number of allylic oxidation sites excluding steroid dienone is 1. The van der Waals surface area contributed by atoms with Crippen molar-refractivity contribution in [2.75, 3.05) is 11.4 Å². The Bertz CT molecular complexity index is 1150. The van der Waals surface area contributed by atoms with Crippen molar-refractivity contribution in [3.8, 4) is 5.88 Å². The molecule has 2 N–H and O–H groups in total. The molecule has 3 aromatic rings. The van der Waals surface area contributed by atoms with Gasteiger partial charge in [0.2, 0.25) is 5.82 Å². The molecule has 1 aliphatic rings. The fourth-order valence-corrected chi connectivity index (χ4v) is 3.81. The van der Waals surface area contributed by atoms with E-state index in [2.05, 4.69) is 26.5 Å². The van der Waals surface area contributed by atoms with E-state index in [0.29, 0.717) is 42.0 Å². The topological polar surface area (TPSA) is 90.0 Å². The van der Waals surface area contributed by atoms with Crippen LogP contribution in [0.15, 0.2) is 55.3 Å². The van der Waals surface area contributed by atoms with Gasteiger partial charge in [-0.2, -0.15) is 22.5 Å². The van der Waals surface area contributed by atoms with Crippen LogP contribution >= 0.6 is 0 Å². The van der Waals surface area contributed by atoms with Gasteiger partial charge in [0.1, 0.15) is 18.8 Å². The highest BCUT2D eigenvalue weighted by Crippen LogP contribution is 2.38. The number of hydrogen-bond acceptors (Lipinski definition) is 7. The highest BCUT2D eigenvalue weighted by Gasteiger charge is 2.33. The lowest BCUT2D eigenvalue weighted by Gasteiger charge is -2.26. The van der Waals surface area contributed by atoms with Crippen molar-refractivity contribution in [1.82, 2.24) is 19.9 Å². The van der Waals surface area contributed by atoms with Crippen LogP contribution in [0.4, 0.5) is 23.4 Å². The van der Waals surface area contributed by atoms with Gasteiger partial charge in [0.25, 0.3) is 5.88 Å². The highest BCUT2D eigenvalue weighted by molar-refractivity contribution is 5.47. The summed E-state index contributed by atoms with van der Waals surface area (Å²) >= 11 is 0. The van der Waals surface area contributed by atoms with Gasteiger partial charge in [-0.05, 0) is 30.5 Å². The monoisotopic (exact) mass is 474 g/mol. The Labute approximate surface area is 193 Å². The van der Waals surface area contributed by atoms with Gasteiger partial charge >= 0.3 is 6.18 Å². The normalized spacial score (nSPS) is 16.0. The highest BCUT2D eigenvalue weighted by atomic mass is 19.4. The van der Waals surface area contributed by atoms with E-state index in [-0.39, 0.29) is 24.3 Å². The summed E-state index contributed by atoms with van der Waals surface area (Å²) in [5.74, 6) is -0.420. The molecule has 1 fully saturated rings. The molecule has 11 heteroatoms. The van der Waals surface area contributed by atoms with E-state index in [1.807, 2.05) is 0 Å². The zero-order valence-electron chi connectivity index (χ0n) is 18.1. The number of halogens is 4. The van der Waals surface area contributed by atoms with Gasteiger partial charge in [-0.25, -0.2) is 15.0 Å². The third-order valence-electron chi connectivity index (χ3n) is 5.41. The molecule has 3 heterocycles. The molecule has 0 amide bonds. The molecule has 1 aromatic carbocycles. The number of benzene rings is 1. The molecule has 0 spiro atoms. The molecule has 1 aliphatic heterocycles. The van der Waals surface area contributed by atoms with Crippen molar-refractivity contribution in [3.05, 3.63) is 83.6 Å². The van der Waals surface area contributed by atoms with Crippen LogP contribution in [0, 0.1) is 5.82 Å². The summed E-state index contributed by atoms with van der Waals surface area (Å²) in [5, 5.41) is 0. The van der Waals surface area contributed by atoms with Gasteiger partial charge in [0, 0.05) is 36.6 Å². The second-order valence-electron chi connectivity index (χ2n) is 7.92. The van der Waals surface area contributed by atoms with Crippen LogP contribution in [-0.2, 0) is 19.2 Å². The summed E-state index contributed by atoms with van der Waals surface area (Å²) in [6.07, 6.45) is 1.62. The molecule has 0 bridgehead atoms. The summed E-state index contributed by atoms with van der Waals surface area (Å²) in [4.78, 5) is 18.0. The average molecular weight is 474 g/mol. The van der Waals surface area contributed by atoms with E-state index in [4.69, 9.17) is 10.5 Å². The van der Waals surface area contributed by atoms with Crippen LogP contribution in [-0.4, -0.2) is 26.5 Å². The van der Waals surface area contributed by atoms with Crippen LogP contribution in [0.25, 0.3) is 0 Å². The number of alkyl halides is 3. The van der Waals surface area contributed by atoms with Gasteiger partial charge in [-0.15, -0.1) is 0 Å². The Hall–Kier alpha value is -3.76. The maximum atomic E-state index is 15.2. The lowest BCUT2D eigenvalue weighted by atomic mass is 10.0. The molecule has 0 saturated carbocycles. The van der Waals surface area contributed by atoms with E-state index in [9.17, 15) is 13.2 Å². The molecule has 34 heavy (non-hydrogen) atoms. The fourth-order valence-electron chi connectivity index (χ4n) is 3.81. The Morgan fingerprint density at radius 1 is 1.12 bits per heavy atom. The predicted molar refractivity (Wildman–Crippen MR) is 116 cm³/mol. The van der Waals surface area contributed by atoms with Crippen LogP contribution in [0.3, 0.4) is 0 Å². The van der Waals surface area contributed by atoms with Gasteiger partial charge in [0.05, 0.1) is 11.6 Å². The van der Waals surface area contributed by atoms with E-state index >= 15 is 4.39 Å². The van der Waals surface area contributed by atoms with Crippen LogP contribution in [0.1, 0.15) is 41.4 Å². The number of aromatic nitrogens is 4.